The Hall–Kier alpha value is -0.860. The van der Waals surface area contributed by atoms with Gasteiger partial charge in [-0.05, 0) is 5.92 Å². The van der Waals surface area contributed by atoms with Crippen molar-refractivity contribution in [3.63, 3.8) is 0 Å². The van der Waals surface area contributed by atoms with Crippen LogP contribution in [0.3, 0.4) is 0 Å². The Morgan fingerprint density at radius 1 is 1.36 bits per heavy atom. The molecule has 0 N–H and O–H groups in total. The second-order valence-electron chi connectivity index (χ2n) is 3.27. The lowest BCUT2D eigenvalue weighted by Crippen LogP contribution is -2.09. The molecule has 0 aliphatic rings. The van der Waals surface area contributed by atoms with Gasteiger partial charge >= 0.3 is 0 Å². The smallest absolute Gasteiger partial charge is 0.138 e. The lowest BCUT2D eigenvalue weighted by Gasteiger charge is -2.13. The van der Waals surface area contributed by atoms with E-state index in [0.717, 1.165) is 5.82 Å². The van der Waals surface area contributed by atoms with E-state index in [-0.39, 0.29) is 0 Å². The molecule has 1 rings (SSSR count). The monoisotopic (exact) mass is 153 g/mol. The molecule has 1 atom stereocenters. The highest BCUT2D eigenvalue weighted by atomic mass is 15.3. The fourth-order valence-corrected chi connectivity index (χ4v) is 1.02. The van der Waals surface area contributed by atoms with Crippen LogP contribution < -0.4 is 0 Å². The van der Waals surface area contributed by atoms with E-state index < -0.39 is 0 Å². The van der Waals surface area contributed by atoms with Crippen LogP contribution in [0.15, 0.2) is 6.33 Å². The van der Waals surface area contributed by atoms with Crippen LogP contribution in [-0.4, -0.2) is 14.8 Å². The maximum Gasteiger partial charge on any atom is 0.138 e. The highest BCUT2D eigenvalue weighted by molar-refractivity contribution is 4.93. The number of hydrogen-bond acceptors (Lipinski definition) is 2. The minimum atomic E-state index is 0.488. The van der Waals surface area contributed by atoms with Crippen molar-refractivity contribution in [2.24, 2.45) is 13.0 Å². The molecule has 0 aliphatic heterocycles. The van der Waals surface area contributed by atoms with Crippen molar-refractivity contribution >= 4 is 0 Å². The quantitative estimate of drug-likeness (QED) is 0.645. The molecule has 0 bridgehead atoms. The van der Waals surface area contributed by atoms with E-state index in [4.69, 9.17) is 0 Å². The summed E-state index contributed by atoms with van der Waals surface area (Å²) in [7, 11) is 1.93. The van der Waals surface area contributed by atoms with Crippen molar-refractivity contribution in [1.82, 2.24) is 14.8 Å². The Morgan fingerprint density at radius 2 is 2.00 bits per heavy atom. The first-order valence-corrected chi connectivity index (χ1v) is 3.96. The molecule has 1 heterocycles. The molecule has 0 aliphatic carbocycles. The molecule has 1 aromatic heterocycles. The number of nitrogens with zero attached hydrogens (tertiary/aromatic N) is 3. The molecule has 0 aromatic carbocycles. The van der Waals surface area contributed by atoms with Crippen LogP contribution in [0.25, 0.3) is 0 Å². The van der Waals surface area contributed by atoms with Gasteiger partial charge in [0.1, 0.15) is 12.2 Å². The zero-order valence-corrected chi connectivity index (χ0v) is 7.57. The molecule has 3 nitrogen and oxygen atoms in total. The normalized spacial score (nSPS) is 13.9. The standard InChI is InChI=1S/C8H15N3/c1-6(2)7(3)8-9-5-10-11(8)4/h5-7H,1-4H3. The van der Waals surface area contributed by atoms with E-state index in [0.29, 0.717) is 11.8 Å². The molecule has 1 aromatic rings. The summed E-state index contributed by atoms with van der Waals surface area (Å²) < 4.78 is 1.84. The van der Waals surface area contributed by atoms with Gasteiger partial charge in [-0.25, -0.2) is 4.98 Å². The Morgan fingerprint density at radius 3 is 2.36 bits per heavy atom. The van der Waals surface area contributed by atoms with E-state index in [1.165, 1.54) is 0 Å². The SMILES string of the molecule is CC(C)C(C)c1ncnn1C. The summed E-state index contributed by atoms with van der Waals surface area (Å²) in [6, 6.07) is 0. The first-order chi connectivity index (χ1) is 5.13. The van der Waals surface area contributed by atoms with Gasteiger partial charge in [-0.3, -0.25) is 4.68 Å². The molecular weight excluding hydrogens is 138 g/mol. The largest absolute Gasteiger partial charge is 0.253 e. The minimum Gasteiger partial charge on any atom is -0.253 e. The molecule has 62 valence electrons. The number of rotatable bonds is 2. The van der Waals surface area contributed by atoms with Gasteiger partial charge in [0.05, 0.1) is 0 Å². The third kappa shape index (κ3) is 1.59. The Bertz CT molecular complexity index is 227. The summed E-state index contributed by atoms with van der Waals surface area (Å²) >= 11 is 0. The Balaban J connectivity index is 2.84. The van der Waals surface area contributed by atoms with Crippen molar-refractivity contribution in [3.05, 3.63) is 12.2 Å². The molecule has 1 unspecified atom stereocenters. The summed E-state index contributed by atoms with van der Waals surface area (Å²) in [4.78, 5) is 4.19. The molecule has 11 heavy (non-hydrogen) atoms. The van der Waals surface area contributed by atoms with Crippen LogP contribution in [-0.2, 0) is 7.05 Å². The van der Waals surface area contributed by atoms with E-state index in [1.54, 1.807) is 6.33 Å². The molecule has 0 amide bonds. The predicted octanol–water partition coefficient (Wildman–Crippen LogP) is 1.57. The highest BCUT2D eigenvalue weighted by Gasteiger charge is 2.14. The van der Waals surface area contributed by atoms with Crippen LogP contribution in [0.5, 0.6) is 0 Å². The van der Waals surface area contributed by atoms with Crippen LogP contribution in [0.1, 0.15) is 32.5 Å². The molecule has 0 saturated heterocycles. The predicted molar refractivity (Wildman–Crippen MR) is 44.3 cm³/mol. The van der Waals surface area contributed by atoms with Gasteiger partial charge < -0.3 is 0 Å². The topological polar surface area (TPSA) is 30.7 Å². The zero-order valence-electron chi connectivity index (χ0n) is 7.57. The van der Waals surface area contributed by atoms with Crippen molar-refractivity contribution < 1.29 is 0 Å². The number of hydrogen-bond donors (Lipinski definition) is 0. The third-order valence-corrected chi connectivity index (χ3v) is 2.15. The summed E-state index contributed by atoms with van der Waals surface area (Å²) in [5.74, 6) is 2.18. The lowest BCUT2D eigenvalue weighted by molar-refractivity contribution is 0.487. The third-order valence-electron chi connectivity index (χ3n) is 2.15. The summed E-state index contributed by atoms with van der Waals surface area (Å²) in [6.07, 6.45) is 1.61. The minimum absolute atomic E-state index is 0.488. The average Bonchev–Trinajstić information content (AvgIpc) is 2.33. The molecule has 0 spiro atoms. The van der Waals surface area contributed by atoms with Crippen molar-refractivity contribution in [1.29, 1.82) is 0 Å². The lowest BCUT2D eigenvalue weighted by atomic mass is 9.97. The van der Waals surface area contributed by atoms with E-state index >= 15 is 0 Å². The zero-order chi connectivity index (χ0) is 8.43. The van der Waals surface area contributed by atoms with Gasteiger partial charge in [0, 0.05) is 13.0 Å². The van der Waals surface area contributed by atoms with Crippen molar-refractivity contribution in [2.45, 2.75) is 26.7 Å². The molecule has 3 heteroatoms. The fourth-order valence-electron chi connectivity index (χ4n) is 1.02. The van der Waals surface area contributed by atoms with Crippen LogP contribution >= 0.6 is 0 Å². The van der Waals surface area contributed by atoms with Crippen LogP contribution in [0.4, 0.5) is 0 Å². The first-order valence-electron chi connectivity index (χ1n) is 3.96. The van der Waals surface area contributed by atoms with Gasteiger partial charge in [0.25, 0.3) is 0 Å². The van der Waals surface area contributed by atoms with Gasteiger partial charge in [-0.15, -0.1) is 0 Å². The van der Waals surface area contributed by atoms with Gasteiger partial charge in [0.2, 0.25) is 0 Å². The number of aryl methyl sites for hydroxylation is 1. The second-order valence-corrected chi connectivity index (χ2v) is 3.27. The maximum atomic E-state index is 4.19. The van der Waals surface area contributed by atoms with Crippen LogP contribution in [0.2, 0.25) is 0 Å². The molecule has 0 radical (unpaired) electrons. The molecule has 0 fully saturated rings. The molecule has 0 saturated carbocycles. The Labute approximate surface area is 67.4 Å². The van der Waals surface area contributed by atoms with E-state index in [9.17, 15) is 0 Å². The maximum absolute atomic E-state index is 4.19. The average molecular weight is 153 g/mol. The fraction of sp³-hybridized carbons (Fsp3) is 0.750. The van der Waals surface area contributed by atoms with Crippen LogP contribution in [0, 0.1) is 5.92 Å². The number of aromatic nitrogens is 3. The van der Waals surface area contributed by atoms with Crippen molar-refractivity contribution in [2.75, 3.05) is 0 Å². The van der Waals surface area contributed by atoms with Gasteiger partial charge in [-0.2, -0.15) is 5.10 Å². The van der Waals surface area contributed by atoms with Gasteiger partial charge in [0.15, 0.2) is 0 Å². The Kier molecular flexibility index (Phi) is 2.27. The summed E-state index contributed by atoms with van der Waals surface area (Å²) in [6.45, 7) is 6.56. The first kappa shape index (κ1) is 8.24. The second kappa shape index (κ2) is 3.03. The highest BCUT2D eigenvalue weighted by Crippen LogP contribution is 2.19. The summed E-state index contributed by atoms with van der Waals surface area (Å²) in [5.41, 5.74) is 0. The summed E-state index contributed by atoms with van der Waals surface area (Å²) in [5, 5.41) is 4.03. The van der Waals surface area contributed by atoms with Crippen molar-refractivity contribution in [3.8, 4) is 0 Å². The molecular formula is C8H15N3. The van der Waals surface area contributed by atoms with Gasteiger partial charge in [-0.1, -0.05) is 20.8 Å². The van der Waals surface area contributed by atoms with E-state index in [1.807, 2.05) is 11.7 Å². The van der Waals surface area contributed by atoms with E-state index in [2.05, 4.69) is 30.9 Å².